The first kappa shape index (κ1) is 30.0. The van der Waals surface area contributed by atoms with Crippen LogP contribution in [0.3, 0.4) is 0 Å². The fourth-order valence-corrected chi connectivity index (χ4v) is 7.86. The molecule has 242 valence electrons. The molecular weight excluding hydrogens is 629 g/mol. The van der Waals surface area contributed by atoms with Crippen LogP contribution in [0.2, 0.25) is 0 Å². The van der Waals surface area contributed by atoms with Gasteiger partial charge in [-0.1, -0.05) is 182 Å². The Bertz CT molecular complexity index is 2670. The first-order chi connectivity index (χ1) is 25.8. The average Bonchev–Trinajstić information content (AvgIpc) is 3.57. The Morgan fingerprint density at radius 1 is 0.269 bits per heavy atom. The molecule has 1 aliphatic carbocycles. The van der Waals surface area contributed by atoms with E-state index in [0.29, 0.717) is 5.82 Å². The summed E-state index contributed by atoms with van der Waals surface area (Å²) in [4.78, 5) is 10.2. The molecule has 0 N–H and O–H groups in total. The second kappa shape index (κ2) is 12.5. The van der Waals surface area contributed by atoms with Gasteiger partial charge in [0.1, 0.15) is 0 Å². The predicted octanol–water partition coefficient (Wildman–Crippen LogP) is 13.3. The number of benzene rings is 8. The van der Waals surface area contributed by atoms with Crippen LogP contribution in [-0.4, -0.2) is 9.97 Å². The molecule has 2 nitrogen and oxygen atoms in total. The number of aromatic nitrogens is 2. The molecule has 1 aliphatic rings. The van der Waals surface area contributed by atoms with Gasteiger partial charge in [0.2, 0.25) is 0 Å². The molecule has 1 aromatic heterocycles. The van der Waals surface area contributed by atoms with Gasteiger partial charge in [0.25, 0.3) is 0 Å². The predicted molar refractivity (Wildman–Crippen MR) is 217 cm³/mol. The fraction of sp³-hybridized carbons (Fsp3) is 0. The first-order valence-electron chi connectivity index (χ1n) is 17.8. The molecule has 0 amide bonds. The third-order valence-corrected chi connectivity index (χ3v) is 10.2. The van der Waals surface area contributed by atoms with Crippen molar-refractivity contribution < 1.29 is 0 Å². The molecular formula is C50H32N2. The first-order valence-corrected chi connectivity index (χ1v) is 17.8. The number of rotatable bonds is 6. The third kappa shape index (κ3) is 5.04. The smallest absolute Gasteiger partial charge is 0.160 e. The molecule has 10 rings (SSSR count). The van der Waals surface area contributed by atoms with Crippen LogP contribution in [0.4, 0.5) is 0 Å². The normalized spacial score (nSPS) is 11.5. The Kier molecular flexibility index (Phi) is 7.18. The van der Waals surface area contributed by atoms with Gasteiger partial charge >= 0.3 is 0 Å². The Morgan fingerprint density at radius 2 is 0.712 bits per heavy atom. The van der Waals surface area contributed by atoms with Gasteiger partial charge in [0.05, 0.1) is 11.4 Å². The lowest BCUT2D eigenvalue weighted by Crippen LogP contribution is -1.96. The van der Waals surface area contributed by atoms with Crippen LogP contribution in [0.5, 0.6) is 0 Å². The van der Waals surface area contributed by atoms with Gasteiger partial charge in [-0.3, -0.25) is 0 Å². The maximum absolute atomic E-state index is 5.10. The fourth-order valence-electron chi connectivity index (χ4n) is 7.86. The van der Waals surface area contributed by atoms with E-state index in [-0.39, 0.29) is 0 Å². The Labute approximate surface area is 303 Å². The zero-order valence-corrected chi connectivity index (χ0v) is 28.4. The zero-order valence-electron chi connectivity index (χ0n) is 28.4. The summed E-state index contributed by atoms with van der Waals surface area (Å²) in [5.74, 6) is 0.705. The van der Waals surface area contributed by atoms with E-state index in [1.807, 2.05) is 12.1 Å². The van der Waals surface area contributed by atoms with Crippen molar-refractivity contribution >= 4 is 10.8 Å². The van der Waals surface area contributed by atoms with Gasteiger partial charge in [0.15, 0.2) is 5.82 Å². The summed E-state index contributed by atoms with van der Waals surface area (Å²) in [7, 11) is 0. The lowest BCUT2D eigenvalue weighted by Gasteiger charge is -2.21. The van der Waals surface area contributed by atoms with Crippen LogP contribution < -0.4 is 0 Å². The second-order valence-corrected chi connectivity index (χ2v) is 13.3. The van der Waals surface area contributed by atoms with Crippen molar-refractivity contribution in [2.75, 3.05) is 0 Å². The van der Waals surface area contributed by atoms with Gasteiger partial charge in [-0.05, 0) is 78.5 Å². The maximum Gasteiger partial charge on any atom is 0.160 e. The summed E-state index contributed by atoms with van der Waals surface area (Å²) >= 11 is 0. The molecule has 0 atom stereocenters. The zero-order chi connectivity index (χ0) is 34.4. The highest BCUT2D eigenvalue weighted by atomic mass is 14.9. The topological polar surface area (TPSA) is 25.8 Å². The lowest BCUT2D eigenvalue weighted by molar-refractivity contribution is 1.18. The monoisotopic (exact) mass is 660 g/mol. The Hall–Kier alpha value is -6.90. The quantitative estimate of drug-likeness (QED) is 0.177. The maximum atomic E-state index is 5.10. The molecule has 0 unspecified atom stereocenters. The molecule has 0 spiro atoms. The van der Waals surface area contributed by atoms with E-state index in [4.69, 9.17) is 9.97 Å². The van der Waals surface area contributed by atoms with E-state index in [1.54, 1.807) is 0 Å². The van der Waals surface area contributed by atoms with E-state index < -0.39 is 0 Å². The molecule has 0 saturated heterocycles. The highest BCUT2D eigenvalue weighted by Gasteiger charge is 2.30. The minimum atomic E-state index is 0.705. The molecule has 52 heavy (non-hydrogen) atoms. The number of nitrogens with zero attached hydrogens (tertiary/aromatic N) is 2. The molecule has 0 fully saturated rings. The minimum Gasteiger partial charge on any atom is -0.228 e. The summed E-state index contributed by atoms with van der Waals surface area (Å²) < 4.78 is 0. The van der Waals surface area contributed by atoms with Gasteiger partial charge in [-0.25, -0.2) is 9.97 Å². The van der Waals surface area contributed by atoms with Gasteiger partial charge < -0.3 is 0 Å². The van der Waals surface area contributed by atoms with Crippen molar-refractivity contribution in [2.45, 2.75) is 0 Å². The number of hydrogen-bond donors (Lipinski definition) is 0. The summed E-state index contributed by atoms with van der Waals surface area (Å²) in [6.45, 7) is 0. The van der Waals surface area contributed by atoms with E-state index in [0.717, 1.165) is 33.6 Å². The van der Waals surface area contributed by atoms with E-state index in [1.165, 1.54) is 60.8 Å². The summed E-state index contributed by atoms with van der Waals surface area (Å²) in [5, 5.41) is 2.59. The second-order valence-electron chi connectivity index (χ2n) is 13.3. The molecule has 9 aromatic rings. The van der Waals surface area contributed by atoms with Crippen molar-refractivity contribution in [2.24, 2.45) is 0 Å². The summed E-state index contributed by atoms with van der Waals surface area (Å²) in [6, 6.07) is 69.2. The van der Waals surface area contributed by atoms with Crippen LogP contribution in [0, 0.1) is 0 Å². The molecule has 2 heteroatoms. The Balaban J connectivity index is 1.19. The van der Waals surface area contributed by atoms with Crippen molar-refractivity contribution in [3.63, 3.8) is 0 Å². The standard InChI is InChI=1S/C50H32N2/c1-5-15-33(16-6-1)43-31-42(47(38-21-11-4-12-22-38)49-41-26-14-24-37-23-13-25-40(46(37)41)48(43)49)34-27-29-39(30-28-34)50-51-44(35-17-7-2-8-18-35)32-45(52-50)36-19-9-3-10-20-36/h1-32H. The molecule has 0 saturated carbocycles. The van der Waals surface area contributed by atoms with Crippen LogP contribution in [0.15, 0.2) is 194 Å². The largest absolute Gasteiger partial charge is 0.228 e. The SMILES string of the molecule is c1ccc(-c2cc(-c3ccccc3)nc(-c3ccc(-c4cc(-c5ccccc5)c5c(c4-c4ccccc4)-c4cccc6cccc-5c46)cc3)n2)cc1. The van der Waals surface area contributed by atoms with E-state index >= 15 is 0 Å². The molecule has 1 heterocycles. The third-order valence-electron chi connectivity index (χ3n) is 10.2. The van der Waals surface area contributed by atoms with Crippen molar-refractivity contribution in [3.05, 3.63) is 194 Å². The highest BCUT2D eigenvalue weighted by Crippen LogP contribution is 2.57. The van der Waals surface area contributed by atoms with Crippen LogP contribution in [0.1, 0.15) is 0 Å². The van der Waals surface area contributed by atoms with Crippen molar-refractivity contribution in [3.8, 4) is 89.5 Å². The van der Waals surface area contributed by atoms with Gasteiger partial charge in [-0.2, -0.15) is 0 Å². The minimum absolute atomic E-state index is 0.705. The lowest BCUT2D eigenvalue weighted by atomic mass is 9.82. The van der Waals surface area contributed by atoms with Crippen LogP contribution in [-0.2, 0) is 0 Å². The molecule has 0 aliphatic heterocycles. The van der Waals surface area contributed by atoms with Gasteiger partial charge in [-0.15, -0.1) is 0 Å². The van der Waals surface area contributed by atoms with Gasteiger partial charge in [0, 0.05) is 16.7 Å². The Morgan fingerprint density at radius 3 is 1.27 bits per heavy atom. The van der Waals surface area contributed by atoms with Crippen LogP contribution in [0.25, 0.3) is 100 Å². The van der Waals surface area contributed by atoms with E-state index in [9.17, 15) is 0 Å². The summed E-state index contributed by atoms with van der Waals surface area (Å²) in [6.07, 6.45) is 0. The summed E-state index contributed by atoms with van der Waals surface area (Å²) in [5.41, 5.74) is 17.3. The van der Waals surface area contributed by atoms with E-state index in [2.05, 4.69) is 182 Å². The van der Waals surface area contributed by atoms with Crippen LogP contribution >= 0.6 is 0 Å². The van der Waals surface area contributed by atoms with Crippen molar-refractivity contribution in [1.82, 2.24) is 9.97 Å². The number of hydrogen-bond acceptors (Lipinski definition) is 2. The average molecular weight is 661 g/mol. The molecule has 8 aromatic carbocycles. The number of fused-ring (bicyclic) bond motifs is 3. The van der Waals surface area contributed by atoms with Crippen molar-refractivity contribution in [1.29, 1.82) is 0 Å². The highest BCUT2D eigenvalue weighted by molar-refractivity contribution is 6.22. The molecule has 0 bridgehead atoms. The molecule has 0 radical (unpaired) electrons.